The number of hydrogen-bond donors (Lipinski definition) is 1. The van der Waals surface area contributed by atoms with Crippen LogP contribution in [0.3, 0.4) is 0 Å². The number of halogens is 1. The summed E-state index contributed by atoms with van der Waals surface area (Å²) in [5.74, 6) is 0.386. The average molecular weight is 268 g/mol. The molecular weight excluding hydrogens is 254 g/mol. The van der Waals surface area contributed by atoms with Gasteiger partial charge in [0, 0.05) is 10.4 Å². The van der Waals surface area contributed by atoms with Crippen molar-refractivity contribution in [1.82, 2.24) is 0 Å². The van der Waals surface area contributed by atoms with E-state index in [9.17, 15) is 4.79 Å². The molecule has 1 aliphatic carbocycles. The van der Waals surface area contributed by atoms with Crippen LogP contribution in [0.4, 0.5) is 5.69 Å². The first-order chi connectivity index (χ1) is 7.27. The van der Waals surface area contributed by atoms with Crippen molar-refractivity contribution in [2.45, 2.75) is 25.7 Å². The topological polar surface area (TPSA) is 29.1 Å². The SMILES string of the molecule is O=C(Nc1ccccc1Br)C1CCCC1. The molecular formula is C12H14BrNO. The second-order valence-electron chi connectivity index (χ2n) is 3.95. The molecule has 0 spiro atoms. The molecule has 1 aromatic carbocycles. The van der Waals surface area contributed by atoms with E-state index in [0.29, 0.717) is 0 Å². The van der Waals surface area contributed by atoms with Crippen LogP contribution in [0.2, 0.25) is 0 Å². The molecule has 0 aromatic heterocycles. The summed E-state index contributed by atoms with van der Waals surface area (Å²) in [6.07, 6.45) is 4.45. The fraction of sp³-hybridized carbons (Fsp3) is 0.417. The zero-order valence-electron chi connectivity index (χ0n) is 8.50. The molecule has 1 aliphatic rings. The van der Waals surface area contributed by atoms with E-state index in [4.69, 9.17) is 0 Å². The lowest BCUT2D eigenvalue weighted by molar-refractivity contribution is -0.119. The summed E-state index contributed by atoms with van der Waals surface area (Å²) in [6.45, 7) is 0. The van der Waals surface area contributed by atoms with Crippen LogP contribution in [-0.2, 0) is 4.79 Å². The van der Waals surface area contributed by atoms with Crippen LogP contribution < -0.4 is 5.32 Å². The first-order valence-electron chi connectivity index (χ1n) is 5.33. The number of carbonyl (C=O) groups excluding carboxylic acids is 1. The van der Waals surface area contributed by atoms with Gasteiger partial charge < -0.3 is 5.32 Å². The van der Waals surface area contributed by atoms with Crippen molar-refractivity contribution >= 4 is 27.5 Å². The molecule has 1 saturated carbocycles. The van der Waals surface area contributed by atoms with Gasteiger partial charge in [0.15, 0.2) is 0 Å². The number of amides is 1. The van der Waals surface area contributed by atoms with Gasteiger partial charge in [-0.25, -0.2) is 0 Å². The van der Waals surface area contributed by atoms with Gasteiger partial charge in [0.05, 0.1) is 5.69 Å². The van der Waals surface area contributed by atoms with Crippen LogP contribution in [0.15, 0.2) is 28.7 Å². The van der Waals surface area contributed by atoms with Crippen molar-refractivity contribution in [2.75, 3.05) is 5.32 Å². The van der Waals surface area contributed by atoms with Crippen molar-refractivity contribution in [3.63, 3.8) is 0 Å². The first-order valence-corrected chi connectivity index (χ1v) is 6.12. The highest BCUT2D eigenvalue weighted by Gasteiger charge is 2.22. The number of anilines is 1. The number of benzene rings is 1. The molecule has 2 nitrogen and oxygen atoms in total. The van der Waals surface area contributed by atoms with E-state index in [-0.39, 0.29) is 11.8 Å². The van der Waals surface area contributed by atoms with E-state index in [2.05, 4.69) is 21.2 Å². The molecule has 3 heteroatoms. The third-order valence-electron chi connectivity index (χ3n) is 2.86. The second-order valence-corrected chi connectivity index (χ2v) is 4.80. The third kappa shape index (κ3) is 2.59. The summed E-state index contributed by atoms with van der Waals surface area (Å²) in [5, 5.41) is 2.97. The Hall–Kier alpha value is -0.830. The van der Waals surface area contributed by atoms with Gasteiger partial charge in [-0.2, -0.15) is 0 Å². The Kier molecular flexibility index (Phi) is 3.41. The van der Waals surface area contributed by atoms with E-state index in [1.54, 1.807) is 0 Å². The predicted molar refractivity (Wildman–Crippen MR) is 64.7 cm³/mol. The Bertz CT molecular complexity index is 358. The van der Waals surface area contributed by atoms with Crippen molar-refractivity contribution in [3.8, 4) is 0 Å². The highest BCUT2D eigenvalue weighted by atomic mass is 79.9. The van der Waals surface area contributed by atoms with Gasteiger partial charge in [-0.05, 0) is 40.9 Å². The molecule has 0 heterocycles. The van der Waals surface area contributed by atoms with Crippen molar-refractivity contribution in [1.29, 1.82) is 0 Å². The zero-order valence-corrected chi connectivity index (χ0v) is 10.1. The van der Waals surface area contributed by atoms with Gasteiger partial charge in [-0.15, -0.1) is 0 Å². The zero-order chi connectivity index (χ0) is 10.7. The quantitative estimate of drug-likeness (QED) is 0.872. The van der Waals surface area contributed by atoms with Crippen LogP contribution in [-0.4, -0.2) is 5.91 Å². The minimum Gasteiger partial charge on any atom is -0.325 e. The summed E-state index contributed by atoms with van der Waals surface area (Å²) in [6, 6.07) is 7.71. The van der Waals surface area contributed by atoms with Gasteiger partial charge in [0.2, 0.25) is 5.91 Å². The number of para-hydroxylation sites is 1. The number of carbonyl (C=O) groups is 1. The molecule has 15 heavy (non-hydrogen) atoms. The highest BCUT2D eigenvalue weighted by molar-refractivity contribution is 9.10. The van der Waals surface area contributed by atoms with Crippen molar-refractivity contribution < 1.29 is 4.79 Å². The van der Waals surface area contributed by atoms with Crippen LogP contribution in [0.5, 0.6) is 0 Å². The Labute approximate surface area is 98.2 Å². The molecule has 0 saturated heterocycles. The molecule has 1 amide bonds. The summed E-state index contributed by atoms with van der Waals surface area (Å²) >= 11 is 3.42. The summed E-state index contributed by atoms with van der Waals surface area (Å²) < 4.78 is 0.941. The lowest BCUT2D eigenvalue weighted by atomic mass is 10.1. The molecule has 0 atom stereocenters. The maximum atomic E-state index is 11.8. The molecule has 80 valence electrons. The Morgan fingerprint density at radius 2 is 1.93 bits per heavy atom. The molecule has 0 radical (unpaired) electrons. The van der Waals surface area contributed by atoms with Gasteiger partial charge in [0.25, 0.3) is 0 Å². The lowest BCUT2D eigenvalue weighted by Crippen LogP contribution is -2.20. The summed E-state index contributed by atoms with van der Waals surface area (Å²) in [5.41, 5.74) is 0.870. The summed E-state index contributed by atoms with van der Waals surface area (Å²) in [4.78, 5) is 11.8. The minimum absolute atomic E-state index is 0.166. The average Bonchev–Trinajstić information content (AvgIpc) is 2.74. The van der Waals surface area contributed by atoms with Gasteiger partial charge in [-0.3, -0.25) is 4.79 Å². The van der Waals surface area contributed by atoms with Crippen LogP contribution in [0.25, 0.3) is 0 Å². The smallest absolute Gasteiger partial charge is 0.227 e. The fourth-order valence-corrected chi connectivity index (χ4v) is 2.37. The molecule has 0 aliphatic heterocycles. The number of rotatable bonds is 2. The molecule has 1 aromatic rings. The minimum atomic E-state index is 0.166. The van der Waals surface area contributed by atoms with Crippen LogP contribution >= 0.6 is 15.9 Å². The Morgan fingerprint density at radius 3 is 2.60 bits per heavy atom. The maximum Gasteiger partial charge on any atom is 0.227 e. The van der Waals surface area contributed by atoms with Gasteiger partial charge >= 0.3 is 0 Å². The number of nitrogens with one attached hydrogen (secondary N) is 1. The molecule has 2 rings (SSSR count). The van der Waals surface area contributed by atoms with Crippen LogP contribution in [0.1, 0.15) is 25.7 Å². The van der Waals surface area contributed by atoms with Gasteiger partial charge in [0.1, 0.15) is 0 Å². The lowest BCUT2D eigenvalue weighted by Gasteiger charge is -2.11. The second kappa shape index (κ2) is 4.79. The molecule has 0 unspecified atom stereocenters. The maximum absolute atomic E-state index is 11.8. The Morgan fingerprint density at radius 1 is 1.27 bits per heavy atom. The van der Waals surface area contributed by atoms with E-state index in [0.717, 1.165) is 23.0 Å². The monoisotopic (exact) mass is 267 g/mol. The normalized spacial score (nSPS) is 16.6. The van der Waals surface area contributed by atoms with Crippen molar-refractivity contribution in [3.05, 3.63) is 28.7 Å². The van der Waals surface area contributed by atoms with E-state index < -0.39 is 0 Å². The standard InChI is InChI=1S/C12H14BrNO/c13-10-7-3-4-8-11(10)14-12(15)9-5-1-2-6-9/h3-4,7-9H,1-2,5-6H2,(H,14,15). The largest absolute Gasteiger partial charge is 0.325 e. The Balaban J connectivity index is 2.02. The van der Waals surface area contributed by atoms with Gasteiger partial charge in [-0.1, -0.05) is 25.0 Å². The number of hydrogen-bond acceptors (Lipinski definition) is 1. The van der Waals surface area contributed by atoms with Crippen LogP contribution in [0, 0.1) is 5.92 Å². The van der Waals surface area contributed by atoms with E-state index >= 15 is 0 Å². The molecule has 1 N–H and O–H groups in total. The highest BCUT2D eigenvalue weighted by Crippen LogP contribution is 2.27. The first kappa shape index (κ1) is 10.7. The van der Waals surface area contributed by atoms with E-state index in [1.165, 1.54) is 12.8 Å². The summed E-state index contributed by atoms with van der Waals surface area (Å²) in [7, 11) is 0. The predicted octanol–water partition coefficient (Wildman–Crippen LogP) is 3.58. The third-order valence-corrected chi connectivity index (χ3v) is 3.55. The fourth-order valence-electron chi connectivity index (χ4n) is 1.99. The van der Waals surface area contributed by atoms with Crippen molar-refractivity contribution in [2.24, 2.45) is 5.92 Å². The molecule has 0 bridgehead atoms. The molecule has 1 fully saturated rings. The van der Waals surface area contributed by atoms with E-state index in [1.807, 2.05) is 24.3 Å².